The van der Waals surface area contributed by atoms with Gasteiger partial charge in [-0.15, -0.1) is 0 Å². The number of nitrogens with one attached hydrogen (secondary N) is 2. The van der Waals surface area contributed by atoms with Gasteiger partial charge >= 0.3 is 0 Å². The first-order valence-corrected chi connectivity index (χ1v) is 6.52. The molecular weight excluding hydrogens is 236 g/mol. The number of halogens is 2. The average Bonchev–Trinajstić information content (AvgIpc) is 2.35. The molecule has 0 atom stereocenters. The zero-order valence-electron chi connectivity index (χ0n) is 11.0. The number of unbranched alkanes of at least 4 members (excludes halogenated alkanes) is 2. The van der Waals surface area contributed by atoms with Crippen LogP contribution in [0.15, 0.2) is 6.07 Å². The molecule has 0 aromatic carbocycles. The summed E-state index contributed by atoms with van der Waals surface area (Å²) in [5.41, 5.74) is 0. The molecule has 0 aliphatic heterocycles. The molecule has 1 aromatic heterocycles. The van der Waals surface area contributed by atoms with Crippen molar-refractivity contribution < 1.29 is 8.78 Å². The fraction of sp³-hybridized carbons (Fsp3) is 0.615. The van der Waals surface area contributed by atoms with Crippen LogP contribution in [-0.4, -0.2) is 18.1 Å². The molecule has 1 rings (SSSR count). The Kier molecular flexibility index (Phi) is 6.39. The summed E-state index contributed by atoms with van der Waals surface area (Å²) in [6.45, 7) is 5.34. The fourth-order valence-corrected chi connectivity index (χ4v) is 1.54. The van der Waals surface area contributed by atoms with E-state index < -0.39 is 11.6 Å². The van der Waals surface area contributed by atoms with Crippen molar-refractivity contribution in [3.63, 3.8) is 0 Å². The first-order chi connectivity index (χ1) is 8.69. The van der Waals surface area contributed by atoms with Crippen LogP contribution in [0.4, 0.5) is 20.4 Å². The lowest BCUT2D eigenvalue weighted by atomic mass is 10.2. The highest BCUT2D eigenvalue weighted by molar-refractivity contribution is 5.47. The third-order valence-corrected chi connectivity index (χ3v) is 2.54. The summed E-state index contributed by atoms with van der Waals surface area (Å²) >= 11 is 0. The van der Waals surface area contributed by atoms with E-state index in [0.717, 1.165) is 31.7 Å². The SMILES string of the molecule is CCCCCNc1nc(NCCC)c(F)cc1F. The van der Waals surface area contributed by atoms with Gasteiger partial charge in [-0.2, -0.15) is 0 Å². The van der Waals surface area contributed by atoms with Gasteiger partial charge in [0.25, 0.3) is 0 Å². The van der Waals surface area contributed by atoms with Gasteiger partial charge in [0.2, 0.25) is 0 Å². The Morgan fingerprint density at radius 1 is 0.944 bits per heavy atom. The molecule has 3 nitrogen and oxygen atoms in total. The zero-order chi connectivity index (χ0) is 13.4. The van der Waals surface area contributed by atoms with Gasteiger partial charge in [-0.25, -0.2) is 13.8 Å². The van der Waals surface area contributed by atoms with Gasteiger partial charge in [0, 0.05) is 19.2 Å². The van der Waals surface area contributed by atoms with Gasteiger partial charge in [-0.05, 0) is 12.8 Å². The quantitative estimate of drug-likeness (QED) is 0.696. The Morgan fingerprint density at radius 3 is 2.11 bits per heavy atom. The van der Waals surface area contributed by atoms with Crippen LogP contribution in [0.1, 0.15) is 39.5 Å². The number of rotatable bonds is 8. The smallest absolute Gasteiger partial charge is 0.168 e. The van der Waals surface area contributed by atoms with Gasteiger partial charge in [-0.3, -0.25) is 0 Å². The summed E-state index contributed by atoms with van der Waals surface area (Å²) in [7, 11) is 0. The standard InChI is InChI=1S/C13H21F2N3/c1-3-5-6-8-17-13-11(15)9-10(14)12(18-13)16-7-4-2/h9H,3-8H2,1-2H3,(H2,16,17,18). The molecule has 0 spiro atoms. The lowest BCUT2D eigenvalue weighted by Gasteiger charge is -2.10. The lowest BCUT2D eigenvalue weighted by molar-refractivity contribution is 0.577. The highest BCUT2D eigenvalue weighted by Crippen LogP contribution is 2.19. The fourth-order valence-electron chi connectivity index (χ4n) is 1.54. The van der Waals surface area contributed by atoms with Gasteiger partial charge in [0.15, 0.2) is 23.3 Å². The Hall–Kier alpha value is -1.39. The van der Waals surface area contributed by atoms with Crippen molar-refractivity contribution in [1.82, 2.24) is 4.98 Å². The first kappa shape index (κ1) is 14.7. The van der Waals surface area contributed by atoms with Gasteiger partial charge in [0.05, 0.1) is 0 Å². The van der Waals surface area contributed by atoms with Gasteiger partial charge in [-0.1, -0.05) is 26.7 Å². The Bertz CT molecular complexity index is 369. The van der Waals surface area contributed by atoms with Crippen LogP contribution in [0.2, 0.25) is 0 Å². The monoisotopic (exact) mass is 257 g/mol. The predicted octanol–water partition coefficient (Wildman–Crippen LogP) is 3.78. The molecule has 2 N–H and O–H groups in total. The summed E-state index contributed by atoms with van der Waals surface area (Å²) in [6.07, 6.45) is 3.99. The van der Waals surface area contributed by atoms with E-state index in [1.54, 1.807) is 0 Å². The minimum Gasteiger partial charge on any atom is -0.368 e. The van der Waals surface area contributed by atoms with E-state index in [9.17, 15) is 8.78 Å². The van der Waals surface area contributed by atoms with Crippen molar-refractivity contribution in [2.24, 2.45) is 0 Å². The third-order valence-electron chi connectivity index (χ3n) is 2.54. The van der Waals surface area contributed by atoms with E-state index in [0.29, 0.717) is 13.1 Å². The number of nitrogens with zero attached hydrogens (tertiary/aromatic N) is 1. The van der Waals surface area contributed by atoms with Crippen molar-refractivity contribution >= 4 is 11.6 Å². The highest BCUT2D eigenvalue weighted by atomic mass is 19.1. The number of pyridine rings is 1. The maximum atomic E-state index is 13.5. The molecule has 18 heavy (non-hydrogen) atoms. The molecular formula is C13H21F2N3. The van der Waals surface area contributed by atoms with Crippen molar-refractivity contribution in [1.29, 1.82) is 0 Å². The van der Waals surface area contributed by atoms with Crippen LogP contribution in [0.5, 0.6) is 0 Å². The van der Waals surface area contributed by atoms with Crippen LogP contribution >= 0.6 is 0 Å². The van der Waals surface area contributed by atoms with Gasteiger partial charge in [0.1, 0.15) is 0 Å². The van der Waals surface area contributed by atoms with Crippen LogP contribution in [0.25, 0.3) is 0 Å². The minimum absolute atomic E-state index is 0.108. The van der Waals surface area contributed by atoms with E-state index >= 15 is 0 Å². The summed E-state index contributed by atoms with van der Waals surface area (Å²) in [6, 6.07) is 0.868. The van der Waals surface area contributed by atoms with Crippen molar-refractivity contribution in [2.45, 2.75) is 39.5 Å². The Balaban J connectivity index is 2.65. The topological polar surface area (TPSA) is 37.0 Å². The van der Waals surface area contributed by atoms with Crippen molar-refractivity contribution in [2.75, 3.05) is 23.7 Å². The number of hydrogen-bond donors (Lipinski definition) is 2. The number of hydrogen-bond acceptors (Lipinski definition) is 3. The van der Waals surface area contributed by atoms with Crippen LogP contribution in [0, 0.1) is 11.6 Å². The first-order valence-electron chi connectivity index (χ1n) is 6.52. The summed E-state index contributed by atoms with van der Waals surface area (Å²) < 4.78 is 26.9. The molecule has 0 unspecified atom stereocenters. The second-order valence-electron chi connectivity index (χ2n) is 4.21. The highest BCUT2D eigenvalue weighted by Gasteiger charge is 2.10. The summed E-state index contributed by atoms with van der Waals surface area (Å²) in [5.74, 6) is -1.08. The molecule has 0 fully saturated rings. The minimum atomic E-state index is -0.653. The van der Waals surface area contributed by atoms with E-state index in [1.165, 1.54) is 0 Å². The molecule has 0 saturated heterocycles. The normalized spacial score (nSPS) is 10.4. The average molecular weight is 257 g/mol. The third kappa shape index (κ3) is 4.47. The Labute approximate surface area is 107 Å². The Morgan fingerprint density at radius 2 is 1.56 bits per heavy atom. The largest absolute Gasteiger partial charge is 0.368 e. The summed E-state index contributed by atoms with van der Waals surface area (Å²) in [4.78, 5) is 3.93. The maximum absolute atomic E-state index is 13.5. The van der Waals surface area contributed by atoms with E-state index in [2.05, 4.69) is 22.5 Å². The molecule has 5 heteroatoms. The number of anilines is 2. The molecule has 0 saturated carbocycles. The lowest BCUT2D eigenvalue weighted by Crippen LogP contribution is -2.10. The molecule has 102 valence electrons. The molecule has 1 heterocycles. The van der Waals surface area contributed by atoms with E-state index in [1.807, 2.05) is 6.92 Å². The predicted molar refractivity (Wildman–Crippen MR) is 70.9 cm³/mol. The molecule has 0 aliphatic rings. The van der Waals surface area contributed by atoms with Crippen molar-refractivity contribution in [3.8, 4) is 0 Å². The second kappa shape index (κ2) is 7.84. The van der Waals surface area contributed by atoms with Crippen LogP contribution < -0.4 is 10.6 Å². The number of aromatic nitrogens is 1. The van der Waals surface area contributed by atoms with E-state index in [-0.39, 0.29) is 11.6 Å². The molecule has 0 bridgehead atoms. The molecule has 0 amide bonds. The van der Waals surface area contributed by atoms with Gasteiger partial charge < -0.3 is 10.6 Å². The zero-order valence-corrected chi connectivity index (χ0v) is 11.0. The molecule has 0 radical (unpaired) electrons. The second-order valence-corrected chi connectivity index (χ2v) is 4.21. The molecule has 1 aromatic rings. The van der Waals surface area contributed by atoms with Crippen LogP contribution in [0.3, 0.4) is 0 Å². The van der Waals surface area contributed by atoms with Crippen molar-refractivity contribution in [3.05, 3.63) is 17.7 Å². The van der Waals surface area contributed by atoms with Crippen LogP contribution in [-0.2, 0) is 0 Å². The summed E-state index contributed by atoms with van der Waals surface area (Å²) in [5, 5.41) is 5.74. The maximum Gasteiger partial charge on any atom is 0.168 e. The van der Waals surface area contributed by atoms with E-state index in [4.69, 9.17) is 0 Å². The molecule has 0 aliphatic carbocycles.